The SMILES string of the molecule is CCS(=O)(=O)N1CCNC(C)CC1. The van der Waals surface area contributed by atoms with E-state index in [-0.39, 0.29) is 5.75 Å². The molecule has 1 heterocycles. The lowest BCUT2D eigenvalue weighted by Crippen LogP contribution is -2.35. The molecule has 0 aromatic rings. The van der Waals surface area contributed by atoms with Crippen LogP contribution in [0.4, 0.5) is 0 Å². The summed E-state index contributed by atoms with van der Waals surface area (Å²) in [6.45, 7) is 5.81. The minimum Gasteiger partial charge on any atom is -0.313 e. The van der Waals surface area contributed by atoms with Crippen molar-refractivity contribution < 1.29 is 8.42 Å². The molecule has 13 heavy (non-hydrogen) atoms. The summed E-state index contributed by atoms with van der Waals surface area (Å²) in [5.74, 6) is 0.210. The second-order valence-corrected chi connectivity index (χ2v) is 5.70. The lowest BCUT2D eigenvalue weighted by molar-refractivity contribution is 0.430. The summed E-state index contributed by atoms with van der Waals surface area (Å²) in [6, 6.07) is 0.428. The minimum atomic E-state index is -2.97. The fraction of sp³-hybridized carbons (Fsp3) is 1.00. The summed E-state index contributed by atoms with van der Waals surface area (Å²) in [7, 11) is -2.97. The van der Waals surface area contributed by atoms with Crippen LogP contribution in [-0.4, -0.2) is 44.2 Å². The van der Waals surface area contributed by atoms with Crippen molar-refractivity contribution in [2.45, 2.75) is 26.3 Å². The van der Waals surface area contributed by atoms with Crippen LogP contribution in [0.15, 0.2) is 0 Å². The first-order chi connectivity index (χ1) is 6.06. The van der Waals surface area contributed by atoms with Gasteiger partial charge in [0.2, 0.25) is 10.0 Å². The zero-order valence-corrected chi connectivity index (χ0v) is 9.10. The normalized spacial score (nSPS) is 27.1. The van der Waals surface area contributed by atoms with Crippen molar-refractivity contribution in [2.24, 2.45) is 0 Å². The van der Waals surface area contributed by atoms with E-state index in [1.165, 1.54) is 0 Å². The molecule has 0 bridgehead atoms. The van der Waals surface area contributed by atoms with Crippen LogP contribution in [0.5, 0.6) is 0 Å². The Balaban J connectivity index is 2.61. The third-order valence-corrected chi connectivity index (χ3v) is 4.31. The van der Waals surface area contributed by atoms with Crippen molar-refractivity contribution in [2.75, 3.05) is 25.4 Å². The zero-order valence-electron chi connectivity index (χ0n) is 8.28. The number of nitrogens with zero attached hydrogens (tertiary/aromatic N) is 1. The second kappa shape index (κ2) is 4.39. The number of hydrogen-bond acceptors (Lipinski definition) is 3. The molecule has 4 nitrogen and oxygen atoms in total. The molecular formula is C8H18N2O2S. The highest BCUT2D eigenvalue weighted by atomic mass is 32.2. The Morgan fingerprint density at radius 1 is 1.46 bits per heavy atom. The molecule has 0 aromatic carbocycles. The topological polar surface area (TPSA) is 49.4 Å². The van der Waals surface area contributed by atoms with E-state index in [2.05, 4.69) is 12.2 Å². The lowest BCUT2D eigenvalue weighted by atomic mass is 10.2. The fourth-order valence-electron chi connectivity index (χ4n) is 1.45. The van der Waals surface area contributed by atoms with Crippen LogP contribution in [0.25, 0.3) is 0 Å². The van der Waals surface area contributed by atoms with Gasteiger partial charge in [0, 0.05) is 25.7 Å². The quantitative estimate of drug-likeness (QED) is 0.693. The molecule has 0 aliphatic carbocycles. The van der Waals surface area contributed by atoms with Crippen LogP contribution in [0.3, 0.4) is 0 Å². The van der Waals surface area contributed by atoms with E-state index in [4.69, 9.17) is 0 Å². The molecule has 5 heteroatoms. The standard InChI is InChI=1S/C8H18N2O2S/c1-3-13(11,12)10-6-4-8(2)9-5-7-10/h8-9H,3-7H2,1-2H3. The van der Waals surface area contributed by atoms with Crippen LogP contribution in [0.2, 0.25) is 0 Å². The highest BCUT2D eigenvalue weighted by molar-refractivity contribution is 7.89. The largest absolute Gasteiger partial charge is 0.313 e. The van der Waals surface area contributed by atoms with Crippen LogP contribution in [0.1, 0.15) is 20.3 Å². The molecule has 0 amide bonds. The van der Waals surface area contributed by atoms with Gasteiger partial charge < -0.3 is 5.32 Å². The third kappa shape index (κ3) is 2.93. The molecule has 1 atom stereocenters. The van der Waals surface area contributed by atoms with E-state index in [1.807, 2.05) is 0 Å². The van der Waals surface area contributed by atoms with Gasteiger partial charge >= 0.3 is 0 Å². The number of sulfonamides is 1. The van der Waals surface area contributed by atoms with Gasteiger partial charge in [0.1, 0.15) is 0 Å². The van der Waals surface area contributed by atoms with E-state index in [0.717, 1.165) is 13.0 Å². The van der Waals surface area contributed by atoms with Crippen molar-refractivity contribution in [1.82, 2.24) is 9.62 Å². The van der Waals surface area contributed by atoms with Crippen molar-refractivity contribution in [3.05, 3.63) is 0 Å². The summed E-state index contributed by atoms with van der Waals surface area (Å²) in [5.41, 5.74) is 0. The van der Waals surface area contributed by atoms with Crippen LogP contribution in [0, 0.1) is 0 Å². The molecule has 0 aromatic heterocycles. The molecule has 1 fully saturated rings. The van der Waals surface area contributed by atoms with Gasteiger partial charge in [0.25, 0.3) is 0 Å². The fourth-order valence-corrected chi connectivity index (χ4v) is 2.57. The zero-order chi connectivity index (χ0) is 9.90. The third-order valence-electron chi connectivity index (χ3n) is 2.42. The van der Waals surface area contributed by atoms with Crippen molar-refractivity contribution >= 4 is 10.0 Å². The van der Waals surface area contributed by atoms with Gasteiger partial charge in [-0.25, -0.2) is 12.7 Å². The summed E-state index contributed by atoms with van der Waals surface area (Å²) in [4.78, 5) is 0. The van der Waals surface area contributed by atoms with Gasteiger partial charge in [-0.05, 0) is 20.3 Å². The molecule has 1 N–H and O–H groups in total. The molecular weight excluding hydrogens is 188 g/mol. The maximum atomic E-state index is 11.5. The van der Waals surface area contributed by atoms with Gasteiger partial charge in [0.15, 0.2) is 0 Å². The molecule has 0 spiro atoms. The summed E-state index contributed by atoms with van der Waals surface area (Å²) in [6.07, 6.45) is 0.902. The van der Waals surface area contributed by atoms with Crippen molar-refractivity contribution in [3.8, 4) is 0 Å². The first-order valence-electron chi connectivity index (χ1n) is 4.77. The average Bonchev–Trinajstić information content (AvgIpc) is 2.30. The Hall–Kier alpha value is -0.130. The Morgan fingerprint density at radius 3 is 2.77 bits per heavy atom. The Bertz CT molecular complexity index is 251. The maximum Gasteiger partial charge on any atom is 0.213 e. The summed E-state index contributed by atoms with van der Waals surface area (Å²) < 4.78 is 24.6. The summed E-state index contributed by atoms with van der Waals surface area (Å²) in [5, 5.41) is 3.26. The Morgan fingerprint density at radius 2 is 2.15 bits per heavy atom. The monoisotopic (exact) mass is 206 g/mol. The second-order valence-electron chi connectivity index (χ2n) is 3.44. The smallest absolute Gasteiger partial charge is 0.213 e. The van der Waals surface area contributed by atoms with Crippen LogP contribution < -0.4 is 5.32 Å². The highest BCUT2D eigenvalue weighted by Crippen LogP contribution is 2.06. The number of nitrogens with one attached hydrogen (secondary N) is 1. The average molecular weight is 206 g/mol. The lowest BCUT2D eigenvalue weighted by Gasteiger charge is -2.18. The van der Waals surface area contributed by atoms with Gasteiger partial charge in [-0.15, -0.1) is 0 Å². The van der Waals surface area contributed by atoms with Gasteiger partial charge in [-0.3, -0.25) is 0 Å². The minimum absolute atomic E-state index is 0.210. The first-order valence-corrected chi connectivity index (χ1v) is 6.38. The predicted molar refractivity (Wildman–Crippen MR) is 53.1 cm³/mol. The molecule has 1 rings (SSSR count). The molecule has 1 saturated heterocycles. The van der Waals surface area contributed by atoms with E-state index < -0.39 is 10.0 Å². The van der Waals surface area contributed by atoms with Crippen LogP contribution in [-0.2, 0) is 10.0 Å². The van der Waals surface area contributed by atoms with Gasteiger partial charge in [-0.2, -0.15) is 0 Å². The summed E-state index contributed by atoms with van der Waals surface area (Å²) >= 11 is 0. The number of hydrogen-bond donors (Lipinski definition) is 1. The van der Waals surface area contributed by atoms with E-state index in [0.29, 0.717) is 19.1 Å². The molecule has 0 radical (unpaired) electrons. The Kier molecular flexibility index (Phi) is 3.70. The van der Waals surface area contributed by atoms with Gasteiger partial charge in [0.05, 0.1) is 5.75 Å². The van der Waals surface area contributed by atoms with E-state index >= 15 is 0 Å². The van der Waals surface area contributed by atoms with Crippen molar-refractivity contribution in [3.63, 3.8) is 0 Å². The molecule has 78 valence electrons. The molecule has 1 aliphatic heterocycles. The van der Waals surface area contributed by atoms with E-state index in [1.54, 1.807) is 11.2 Å². The molecule has 1 unspecified atom stereocenters. The number of rotatable bonds is 2. The first kappa shape index (κ1) is 10.9. The predicted octanol–water partition coefficient (Wildman–Crippen LogP) is 0.0199. The van der Waals surface area contributed by atoms with E-state index in [9.17, 15) is 8.42 Å². The van der Waals surface area contributed by atoms with Crippen LogP contribution >= 0.6 is 0 Å². The molecule has 0 saturated carbocycles. The maximum absolute atomic E-state index is 11.5. The van der Waals surface area contributed by atoms with Crippen molar-refractivity contribution in [1.29, 1.82) is 0 Å². The van der Waals surface area contributed by atoms with Gasteiger partial charge in [-0.1, -0.05) is 0 Å². The Labute approximate surface area is 80.4 Å². The highest BCUT2D eigenvalue weighted by Gasteiger charge is 2.22. The molecule has 1 aliphatic rings.